The van der Waals surface area contributed by atoms with Crippen molar-refractivity contribution in [1.82, 2.24) is 4.98 Å². The zero-order chi connectivity index (χ0) is 11.3. The predicted octanol–water partition coefficient (Wildman–Crippen LogP) is 4.32. The maximum Gasteiger partial charge on any atom is 0.0621 e. The lowest BCUT2D eigenvalue weighted by atomic mass is 9.95. The minimum Gasteiger partial charge on any atom is -0.263 e. The molecule has 0 fully saturated rings. The lowest BCUT2D eigenvalue weighted by molar-refractivity contribution is 0.464. The number of rotatable bonds is 5. The lowest BCUT2D eigenvalue weighted by Crippen LogP contribution is -2.16. The van der Waals surface area contributed by atoms with Crippen LogP contribution in [-0.4, -0.2) is 10.4 Å². The molecule has 15 heavy (non-hydrogen) atoms. The first-order chi connectivity index (χ1) is 7.19. The van der Waals surface area contributed by atoms with E-state index in [4.69, 9.17) is 23.2 Å². The number of aromatic nitrogens is 1. The quantitative estimate of drug-likeness (QED) is 0.705. The van der Waals surface area contributed by atoms with Crippen LogP contribution in [-0.2, 0) is 6.42 Å². The molecule has 0 aliphatic carbocycles. The van der Waals surface area contributed by atoms with Gasteiger partial charge in [0, 0.05) is 17.8 Å². The van der Waals surface area contributed by atoms with Crippen LogP contribution in [0.5, 0.6) is 0 Å². The molecule has 1 rings (SSSR count). The largest absolute Gasteiger partial charge is 0.263 e. The highest BCUT2D eigenvalue weighted by Crippen LogP contribution is 2.25. The Hall–Kier alpha value is -0.270. The summed E-state index contributed by atoms with van der Waals surface area (Å²) in [5.41, 5.74) is 1.10. The van der Waals surface area contributed by atoms with Crippen molar-refractivity contribution in [3.8, 4) is 0 Å². The van der Waals surface area contributed by atoms with Gasteiger partial charge in [-0.1, -0.05) is 38.3 Å². The van der Waals surface area contributed by atoms with E-state index < -0.39 is 0 Å². The van der Waals surface area contributed by atoms with Crippen molar-refractivity contribution in [2.45, 2.75) is 38.5 Å². The van der Waals surface area contributed by atoms with Gasteiger partial charge in [-0.2, -0.15) is 0 Å². The number of hydrogen-bond acceptors (Lipinski definition) is 1. The van der Waals surface area contributed by atoms with Gasteiger partial charge in [0.15, 0.2) is 0 Å². The first-order valence-electron chi connectivity index (χ1n) is 5.41. The van der Waals surface area contributed by atoms with Crippen LogP contribution in [0.1, 0.15) is 32.3 Å². The highest BCUT2D eigenvalue weighted by atomic mass is 35.5. The Morgan fingerprint density at radius 2 is 2.00 bits per heavy atom. The summed E-state index contributed by atoms with van der Waals surface area (Å²) in [5.74, 6) is 0.566. The highest BCUT2D eigenvalue weighted by molar-refractivity contribution is 6.31. The van der Waals surface area contributed by atoms with Gasteiger partial charge < -0.3 is 0 Å². The molecule has 0 radical (unpaired) electrons. The van der Waals surface area contributed by atoms with E-state index in [1.54, 1.807) is 12.4 Å². The van der Waals surface area contributed by atoms with Gasteiger partial charge in [-0.3, -0.25) is 4.98 Å². The average Bonchev–Trinajstić information content (AvgIpc) is 2.23. The summed E-state index contributed by atoms with van der Waals surface area (Å²) in [6, 6.07) is 1.94. The second-order valence-electron chi connectivity index (χ2n) is 3.76. The van der Waals surface area contributed by atoms with E-state index in [2.05, 4.69) is 18.8 Å². The van der Waals surface area contributed by atoms with Crippen LogP contribution in [0.25, 0.3) is 0 Å². The highest BCUT2D eigenvalue weighted by Gasteiger charge is 2.17. The molecule has 1 heterocycles. The van der Waals surface area contributed by atoms with E-state index in [1.807, 2.05) is 6.07 Å². The van der Waals surface area contributed by atoms with Gasteiger partial charge in [0.25, 0.3) is 0 Å². The van der Waals surface area contributed by atoms with E-state index in [9.17, 15) is 0 Å². The number of alkyl halides is 1. The molecule has 0 aliphatic rings. The monoisotopic (exact) mass is 245 g/mol. The van der Waals surface area contributed by atoms with Crippen molar-refractivity contribution in [3.63, 3.8) is 0 Å². The number of pyridine rings is 1. The Morgan fingerprint density at radius 3 is 2.53 bits per heavy atom. The topological polar surface area (TPSA) is 12.9 Å². The molecule has 3 heteroatoms. The van der Waals surface area contributed by atoms with Crippen LogP contribution in [0.15, 0.2) is 18.5 Å². The van der Waals surface area contributed by atoms with Crippen molar-refractivity contribution < 1.29 is 0 Å². The SMILES string of the molecule is CCC(CC)C(Cl)Cc1ccncc1Cl. The van der Waals surface area contributed by atoms with Crippen molar-refractivity contribution in [2.24, 2.45) is 5.92 Å². The van der Waals surface area contributed by atoms with Gasteiger partial charge in [-0.15, -0.1) is 11.6 Å². The lowest BCUT2D eigenvalue weighted by Gasteiger charge is -2.19. The van der Waals surface area contributed by atoms with E-state index in [-0.39, 0.29) is 5.38 Å². The summed E-state index contributed by atoms with van der Waals surface area (Å²) in [5, 5.41) is 0.883. The molecule has 0 spiro atoms. The van der Waals surface area contributed by atoms with E-state index in [0.29, 0.717) is 10.9 Å². The Balaban J connectivity index is 2.65. The fraction of sp³-hybridized carbons (Fsp3) is 0.583. The van der Waals surface area contributed by atoms with E-state index >= 15 is 0 Å². The minimum atomic E-state index is 0.167. The smallest absolute Gasteiger partial charge is 0.0621 e. The van der Waals surface area contributed by atoms with Crippen LogP contribution in [0, 0.1) is 5.92 Å². The summed E-state index contributed by atoms with van der Waals surface area (Å²) < 4.78 is 0. The van der Waals surface area contributed by atoms with E-state index in [0.717, 1.165) is 24.8 Å². The fourth-order valence-electron chi connectivity index (χ4n) is 1.75. The molecule has 84 valence electrons. The first-order valence-corrected chi connectivity index (χ1v) is 6.22. The summed E-state index contributed by atoms with van der Waals surface area (Å²) in [6.45, 7) is 4.36. The Morgan fingerprint density at radius 1 is 1.33 bits per heavy atom. The van der Waals surface area contributed by atoms with Gasteiger partial charge >= 0.3 is 0 Å². The van der Waals surface area contributed by atoms with Crippen molar-refractivity contribution in [2.75, 3.05) is 0 Å². The Bertz CT molecular complexity index is 297. The van der Waals surface area contributed by atoms with Gasteiger partial charge in [-0.05, 0) is 24.0 Å². The second-order valence-corrected chi connectivity index (χ2v) is 4.73. The molecular formula is C12H17Cl2N. The van der Waals surface area contributed by atoms with Crippen LogP contribution in [0.2, 0.25) is 5.02 Å². The van der Waals surface area contributed by atoms with Crippen LogP contribution in [0.3, 0.4) is 0 Å². The number of halogens is 2. The minimum absolute atomic E-state index is 0.167. The predicted molar refractivity (Wildman–Crippen MR) is 66.7 cm³/mol. The van der Waals surface area contributed by atoms with Gasteiger partial charge in [-0.25, -0.2) is 0 Å². The van der Waals surface area contributed by atoms with Gasteiger partial charge in [0.2, 0.25) is 0 Å². The molecule has 1 aromatic heterocycles. The second kappa shape index (κ2) is 6.34. The molecule has 0 bridgehead atoms. The third kappa shape index (κ3) is 3.66. The molecule has 1 nitrogen and oxygen atoms in total. The fourth-order valence-corrected chi connectivity index (χ4v) is 2.47. The van der Waals surface area contributed by atoms with E-state index in [1.165, 1.54) is 0 Å². The van der Waals surface area contributed by atoms with Crippen LogP contribution < -0.4 is 0 Å². The van der Waals surface area contributed by atoms with Crippen molar-refractivity contribution in [1.29, 1.82) is 0 Å². The standard InChI is InChI=1S/C12H17Cl2N/c1-3-9(4-2)11(13)7-10-5-6-15-8-12(10)14/h5-6,8-9,11H,3-4,7H2,1-2H3. The van der Waals surface area contributed by atoms with Crippen LogP contribution >= 0.6 is 23.2 Å². The number of nitrogens with zero attached hydrogens (tertiary/aromatic N) is 1. The molecule has 1 aromatic rings. The van der Waals surface area contributed by atoms with Gasteiger partial charge in [0.05, 0.1) is 5.02 Å². The van der Waals surface area contributed by atoms with Crippen LogP contribution in [0.4, 0.5) is 0 Å². The Labute approximate surface area is 102 Å². The number of hydrogen-bond donors (Lipinski definition) is 0. The molecule has 0 N–H and O–H groups in total. The normalized spacial score (nSPS) is 13.1. The Kier molecular flexibility index (Phi) is 5.41. The molecular weight excluding hydrogens is 229 g/mol. The van der Waals surface area contributed by atoms with Gasteiger partial charge in [0.1, 0.15) is 0 Å². The first kappa shape index (κ1) is 12.8. The summed E-state index contributed by atoms with van der Waals surface area (Å²) in [7, 11) is 0. The van der Waals surface area contributed by atoms with Crippen molar-refractivity contribution >= 4 is 23.2 Å². The zero-order valence-electron chi connectivity index (χ0n) is 9.21. The summed E-state index contributed by atoms with van der Waals surface area (Å²) in [4.78, 5) is 3.96. The molecule has 0 amide bonds. The molecule has 1 unspecified atom stereocenters. The molecule has 0 aromatic carbocycles. The summed E-state index contributed by atoms with van der Waals surface area (Å²) >= 11 is 12.4. The average molecular weight is 246 g/mol. The molecule has 0 saturated carbocycles. The molecule has 0 saturated heterocycles. The molecule has 0 aliphatic heterocycles. The maximum atomic E-state index is 6.37. The summed E-state index contributed by atoms with van der Waals surface area (Å²) in [6.07, 6.45) is 6.50. The zero-order valence-corrected chi connectivity index (χ0v) is 10.7. The maximum absolute atomic E-state index is 6.37. The molecule has 1 atom stereocenters. The third-order valence-corrected chi connectivity index (χ3v) is 3.68. The third-order valence-electron chi connectivity index (χ3n) is 2.83. The van der Waals surface area contributed by atoms with Crippen molar-refractivity contribution in [3.05, 3.63) is 29.0 Å².